The summed E-state index contributed by atoms with van der Waals surface area (Å²) in [4.78, 5) is 2.13. The van der Waals surface area contributed by atoms with Crippen LogP contribution < -0.4 is 11.5 Å². The summed E-state index contributed by atoms with van der Waals surface area (Å²) in [6, 6.07) is 10.3. The summed E-state index contributed by atoms with van der Waals surface area (Å²) < 4.78 is 0. The van der Waals surface area contributed by atoms with E-state index < -0.39 is 0 Å². The summed E-state index contributed by atoms with van der Waals surface area (Å²) in [5.74, 6) is 0. The highest BCUT2D eigenvalue weighted by molar-refractivity contribution is 5.14. The van der Waals surface area contributed by atoms with Crippen molar-refractivity contribution in [3.63, 3.8) is 0 Å². The molecule has 3 heteroatoms. The Morgan fingerprint density at radius 1 is 1.00 bits per heavy atom. The van der Waals surface area contributed by atoms with Crippen LogP contribution in [0.15, 0.2) is 30.3 Å². The van der Waals surface area contributed by atoms with E-state index in [1.54, 1.807) is 0 Å². The number of nitrogens with two attached hydrogens (primary N) is 2. The lowest BCUT2D eigenvalue weighted by Gasteiger charge is -2.05. The van der Waals surface area contributed by atoms with Gasteiger partial charge in [0.2, 0.25) is 0 Å². The topological polar surface area (TPSA) is 55.3 Å². The Morgan fingerprint density at radius 2 is 1.62 bits per heavy atom. The van der Waals surface area contributed by atoms with Gasteiger partial charge in [-0.25, -0.2) is 0 Å². The van der Waals surface area contributed by atoms with Crippen molar-refractivity contribution in [3.8, 4) is 0 Å². The van der Waals surface area contributed by atoms with Crippen molar-refractivity contribution in [2.45, 2.75) is 12.8 Å². The van der Waals surface area contributed by atoms with Gasteiger partial charge in [0.15, 0.2) is 0 Å². The molecule has 0 aliphatic heterocycles. The van der Waals surface area contributed by atoms with Crippen LogP contribution >= 0.6 is 0 Å². The summed E-state index contributed by atoms with van der Waals surface area (Å²) in [7, 11) is 4.10. The summed E-state index contributed by atoms with van der Waals surface area (Å²) in [5.41, 5.74) is 11.9. The van der Waals surface area contributed by atoms with Crippen LogP contribution in [-0.2, 0) is 6.42 Å². The molecular formula is C13H25N3. The number of rotatable bonds is 5. The van der Waals surface area contributed by atoms with E-state index >= 15 is 0 Å². The average Bonchev–Trinajstić information content (AvgIpc) is 2.29. The maximum absolute atomic E-state index is 5.36. The molecule has 0 fully saturated rings. The fourth-order valence-electron chi connectivity index (χ4n) is 1.22. The third-order valence-corrected chi connectivity index (χ3v) is 2.09. The van der Waals surface area contributed by atoms with Crippen LogP contribution in [0.1, 0.15) is 12.0 Å². The highest BCUT2D eigenvalue weighted by Gasteiger charge is 1.85. The summed E-state index contributed by atoms with van der Waals surface area (Å²) in [6.45, 7) is 2.65. The predicted molar refractivity (Wildman–Crippen MR) is 71.4 cm³/mol. The Balaban J connectivity index is 0.000000293. The van der Waals surface area contributed by atoms with E-state index in [0.717, 1.165) is 32.5 Å². The molecule has 4 N–H and O–H groups in total. The first-order chi connectivity index (χ1) is 7.70. The highest BCUT2D eigenvalue weighted by atomic mass is 15.0. The van der Waals surface area contributed by atoms with Crippen LogP contribution in [0.5, 0.6) is 0 Å². The zero-order chi connectivity index (χ0) is 12.2. The van der Waals surface area contributed by atoms with Crippen LogP contribution in [-0.4, -0.2) is 38.6 Å². The zero-order valence-corrected chi connectivity index (χ0v) is 10.5. The van der Waals surface area contributed by atoms with Crippen LogP contribution in [0, 0.1) is 0 Å². The molecule has 0 saturated carbocycles. The van der Waals surface area contributed by atoms with Gasteiger partial charge in [0.05, 0.1) is 0 Å². The van der Waals surface area contributed by atoms with Crippen molar-refractivity contribution in [3.05, 3.63) is 35.9 Å². The molecule has 0 spiro atoms. The molecule has 1 aromatic rings. The first kappa shape index (κ1) is 15.1. The molecule has 1 aromatic carbocycles. The largest absolute Gasteiger partial charge is 0.330 e. The fourth-order valence-corrected chi connectivity index (χ4v) is 1.22. The molecule has 3 nitrogen and oxygen atoms in total. The zero-order valence-electron chi connectivity index (χ0n) is 10.5. The minimum absolute atomic E-state index is 0.740. The molecule has 1 rings (SSSR count). The Hall–Kier alpha value is -0.900. The molecule has 92 valence electrons. The Morgan fingerprint density at radius 3 is 2.00 bits per heavy atom. The summed E-state index contributed by atoms with van der Waals surface area (Å²) in [5, 5.41) is 0. The molecule has 0 saturated heterocycles. The second kappa shape index (κ2) is 10.6. The van der Waals surface area contributed by atoms with E-state index in [0.29, 0.717) is 0 Å². The molecule has 0 aromatic heterocycles. The lowest BCUT2D eigenvalue weighted by atomic mass is 10.2. The van der Waals surface area contributed by atoms with Crippen molar-refractivity contribution in [2.75, 3.05) is 33.7 Å². The second-order valence-corrected chi connectivity index (χ2v) is 3.97. The predicted octanol–water partition coefficient (Wildman–Crippen LogP) is 1.08. The molecular weight excluding hydrogens is 198 g/mol. The smallest absolute Gasteiger partial charge is 0.00128 e. The van der Waals surface area contributed by atoms with E-state index in [-0.39, 0.29) is 0 Å². The summed E-state index contributed by atoms with van der Waals surface area (Å²) in [6.07, 6.45) is 2.09. The van der Waals surface area contributed by atoms with Gasteiger partial charge >= 0.3 is 0 Å². The van der Waals surface area contributed by atoms with Gasteiger partial charge in [0.25, 0.3) is 0 Å². The molecule has 16 heavy (non-hydrogen) atoms. The number of hydrogen-bond acceptors (Lipinski definition) is 3. The minimum atomic E-state index is 0.740. The van der Waals surface area contributed by atoms with Crippen molar-refractivity contribution in [2.24, 2.45) is 11.5 Å². The van der Waals surface area contributed by atoms with Crippen molar-refractivity contribution >= 4 is 0 Å². The average molecular weight is 223 g/mol. The van der Waals surface area contributed by atoms with Gasteiger partial charge in [0, 0.05) is 0 Å². The molecule has 0 aliphatic carbocycles. The highest BCUT2D eigenvalue weighted by Crippen LogP contribution is 1.96. The SMILES string of the molecule is CN(C)CCCN.NCCc1ccccc1. The van der Waals surface area contributed by atoms with Crippen molar-refractivity contribution < 1.29 is 0 Å². The molecule has 0 aliphatic rings. The molecule has 0 radical (unpaired) electrons. The van der Waals surface area contributed by atoms with Crippen molar-refractivity contribution in [1.82, 2.24) is 4.90 Å². The van der Waals surface area contributed by atoms with Gasteiger partial charge in [-0.2, -0.15) is 0 Å². The first-order valence-electron chi connectivity index (χ1n) is 5.79. The number of benzene rings is 1. The van der Waals surface area contributed by atoms with Gasteiger partial charge in [-0.3, -0.25) is 0 Å². The molecule has 0 bridgehead atoms. The molecule has 0 amide bonds. The van der Waals surface area contributed by atoms with E-state index in [1.807, 2.05) is 18.2 Å². The standard InChI is InChI=1S/C8H11N.C5H14N2/c9-7-6-8-4-2-1-3-5-8;1-7(2)5-3-4-6/h1-5H,6-7,9H2;3-6H2,1-2H3. The maximum Gasteiger partial charge on any atom is -0.00128 e. The van der Waals surface area contributed by atoms with Crippen LogP contribution in [0.25, 0.3) is 0 Å². The van der Waals surface area contributed by atoms with E-state index in [2.05, 4.69) is 31.1 Å². The Labute approximate surface area is 99.4 Å². The quantitative estimate of drug-likeness (QED) is 0.785. The Kier molecular flexibility index (Phi) is 10.0. The first-order valence-corrected chi connectivity index (χ1v) is 5.79. The Bertz CT molecular complexity index is 234. The maximum atomic E-state index is 5.36. The van der Waals surface area contributed by atoms with Crippen LogP contribution in [0.3, 0.4) is 0 Å². The normalized spacial score (nSPS) is 9.81. The van der Waals surface area contributed by atoms with E-state index in [4.69, 9.17) is 11.5 Å². The van der Waals surface area contributed by atoms with Gasteiger partial charge < -0.3 is 16.4 Å². The van der Waals surface area contributed by atoms with Gasteiger partial charge in [-0.05, 0) is 52.1 Å². The number of nitrogens with zero attached hydrogens (tertiary/aromatic N) is 1. The van der Waals surface area contributed by atoms with Crippen LogP contribution in [0.4, 0.5) is 0 Å². The third-order valence-electron chi connectivity index (χ3n) is 2.09. The molecule has 0 unspecified atom stereocenters. The lowest BCUT2D eigenvalue weighted by molar-refractivity contribution is 0.403. The minimum Gasteiger partial charge on any atom is -0.330 e. The van der Waals surface area contributed by atoms with Gasteiger partial charge in [-0.1, -0.05) is 30.3 Å². The lowest BCUT2D eigenvalue weighted by Crippen LogP contribution is -2.16. The van der Waals surface area contributed by atoms with E-state index in [9.17, 15) is 0 Å². The van der Waals surface area contributed by atoms with Gasteiger partial charge in [-0.15, -0.1) is 0 Å². The van der Waals surface area contributed by atoms with E-state index in [1.165, 1.54) is 5.56 Å². The second-order valence-electron chi connectivity index (χ2n) is 3.97. The number of hydrogen-bond donors (Lipinski definition) is 2. The van der Waals surface area contributed by atoms with Crippen molar-refractivity contribution in [1.29, 1.82) is 0 Å². The van der Waals surface area contributed by atoms with Crippen LogP contribution in [0.2, 0.25) is 0 Å². The molecule has 0 heterocycles. The monoisotopic (exact) mass is 223 g/mol. The fraction of sp³-hybridized carbons (Fsp3) is 0.538. The third kappa shape index (κ3) is 9.65. The van der Waals surface area contributed by atoms with Gasteiger partial charge in [0.1, 0.15) is 0 Å². The summed E-state index contributed by atoms with van der Waals surface area (Å²) >= 11 is 0. The molecule has 0 atom stereocenters.